The van der Waals surface area contributed by atoms with E-state index in [0.717, 1.165) is 0 Å². The Morgan fingerprint density at radius 2 is 1.92 bits per heavy atom. The molecule has 1 fully saturated rings. The third kappa shape index (κ3) is 1.30. The van der Waals surface area contributed by atoms with Gasteiger partial charge in [0.2, 0.25) is 0 Å². The van der Waals surface area contributed by atoms with Gasteiger partial charge in [0.05, 0.1) is 0 Å². The first-order chi connectivity index (χ1) is 5.72. The molecule has 0 bridgehead atoms. The SMILES string of the molecule is Cc1ccccc1[C]1([Sn])CCC1. The Hall–Kier alpha value is 0.0187. The number of benzene rings is 1. The molecule has 0 N–H and O–H groups in total. The predicted octanol–water partition coefficient (Wildman–Crippen LogP) is 2.54. The van der Waals surface area contributed by atoms with Gasteiger partial charge in [0.25, 0.3) is 0 Å². The summed E-state index contributed by atoms with van der Waals surface area (Å²) in [4.78, 5) is 0. The van der Waals surface area contributed by atoms with E-state index in [1.165, 1.54) is 24.8 Å². The Labute approximate surface area is 87.5 Å². The summed E-state index contributed by atoms with van der Waals surface area (Å²) in [5.74, 6) is 0. The third-order valence-corrected chi connectivity index (χ3v) is 5.06. The molecule has 61 valence electrons. The van der Waals surface area contributed by atoms with Crippen LogP contribution >= 0.6 is 0 Å². The standard InChI is InChI=1S/C11H13.Sn/c1-9-5-2-3-8-11(9)10-6-4-7-10;/h2-3,5,8H,4,6-7H2,1H3;. The molecule has 1 saturated carbocycles. The number of hydrogen-bond acceptors (Lipinski definition) is 0. The van der Waals surface area contributed by atoms with Gasteiger partial charge in [-0.05, 0) is 0 Å². The van der Waals surface area contributed by atoms with E-state index in [0.29, 0.717) is 3.43 Å². The van der Waals surface area contributed by atoms with E-state index in [4.69, 9.17) is 0 Å². The van der Waals surface area contributed by atoms with E-state index >= 15 is 0 Å². The molecule has 0 aromatic heterocycles. The first-order valence-corrected chi connectivity index (χ1v) is 5.96. The Morgan fingerprint density at radius 1 is 1.25 bits per heavy atom. The molecule has 1 aromatic rings. The van der Waals surface area contributed by atoms with Crippen LogP contribution in [-0.4, -0.2) is 22.5 Å². The van der Waals surface area contributed by atoms with Gasteiger partial charge in [0.1, 0.15) is 0 Å². The van der Waals surface area contributed by atoms with Crippen molar-refractivity contribution in [3.63, 3.8) is 0 Å². The molecule has 1 aliphatic carbocycles. The topological polar surface area (TPSA) is 0 Å². The Morgan fingerprint density at radius 3 is 2.42 bits per heavy atom. The zero-order chi connectivity index (χ0) is 8.60. The second-order valence-electron chi connectivity index (χ2n) is 3.75. The summed E-state index contributed by atoms with van der Waals surface area (Å²) in [7, 11) is 0. The Kier molecular flexibility index (Phi) is 2.19. The van der Waals surface area contributed by atoms with Gasteiger partial charge < -0.3 is 0 Å². The molecular formula is C11H13Sn. The summed E-state index contributed by atoms with van der Waals surface area (Å²) < 4.78 is 0.595. The van der Waals surface area contributed by atoms with E-state index in [1.807, 2.05) is 0 Å². The molecule has 3 radical (unpaired) electrons. The average Bonchev–Trinajstić information content (AvgIpc) is 2.01. The molecule has 1 heteroatoms. The van der Waals surface area contributed by atoms with Crippen LogP contribution in [0.3, 0.4) is 0 Å². The van der Waals surface area contributed by atoms with Gasteiger partial charge in [0.15, 0.2) is 0 Å². The van der Waals surface area contributed by atoms with Gasteiger partial charge in [-0.15, -0.1) is 0 Å². The molecule has 0 heterocycles. The first kappa shape index (κ1) is 8.61. The van der Waals surface area contributed by atoms with Crippen molar-refractivity contribution in [2.75, 3.05) is 0 Å². The molecule has 0 nitrogen and oxygen atoms in total. The number of rotatable bonds is 1. The van der Waals surface area contributed by atoms with Crippen molar-refractivity contribution < 1.29 is 0 Å². The van der Waals surface area contributed by atoms with Crippen LogP contribution in [0.1, 0.15) is 30.4 Å². The molecule has 1 aliphatic rings. The van der Waals surface area contributed by atoms with Gasteiger partial charge in [-0.3, -0.25) is 0 Å². The number of hydrogen-bond donors (Lipinski definition) is 0. The normalized spacial score (nSPS) is 20.2. The van der Waals surface area contributed by atoms with Gasteiger partial charge >= 0.3 is 87.5 Å². The van der Waals surface area contributed by atoms with E-state index in [1.54, 1.807) is 28.1 Å². The molecular weight excluding hydrogens is 251 g/mol. The Bertz CT molecular complexity index is 287. The molecule has 0 atom stereocenters. The van der Waals surface area contributed by atoms with Gasteiger partial charge in [-0.2, -0.15) is 0 Å². The summed E-state index contributed by atoms with van der Waals surface area (Å²) in [6, 6.07) is 8.85. The maximum atomic E-state index is 2.31. The molecule has 0 aliphatic heterocycles. The van der Waals surface area contributed by atoms with Crippen molar-refractivity contribution in [2.24, 2.45) is 0 Å². The van der Waals surface area contributed by atoms with Crippen molar-refractivity contribution >= 4 is 22.5 Å². The average molecular weight is 264 g/mol. The van der Waals surface area contributed by atoms with E-state index in [-0.39, 0.29) is 0 Å². The second-order valence-corrected chi connectivity index (χ2v) is 6.48. The fourth-order valence-electron chi connectivity index (χ4n) is 1.91. The van der Waals surface area contributed by atoms with Crippen molar-refractivity contribution in [2.45, 2.75) is 29.6 Å². The molecule has 0 saturated heterocycles. The summed E-state index contributed by atoms with van der Waals surface area (Å²) in [5, 5.41) is 0. The summed E-state index contributed by atoms with van der Waals surface area (Å²) in [6.07, 6.45) is 4.26. The van der Waals surface area contributed by atoms with Crippen LogP contribution in [0, 0.1) is 6.92 Å². The van der Waals surface area contributed by atoms with Crippen LogP contribution in [0.15, 0.2) is 24.3 Å². The molecule has 1 aromatic carbocycles. The minimum absolute atomic E-state index is 0.595. The van der Waals surface area contributed by atoms with Gasteiger partial charge in [-0.25, -0.2) is 0 Å². The monoisotopic (exact) mass is 265 g/mol. The molecule has 2 rings (SSSR count). The summed E-state index contributed by atoms with van der Waals surface area (Å²) in [5.41, 5.74) is 3.09. The maximum absolute atomic E-state index is 2.31. The first-order valence-electron chi connectivity index (χ1n) is 4.53. The molecule has 0 spiro atoms. The summed E-state index contributed by atoms with van der Waals surface area (Å²) in [6.45, 7) is 2.24. The fraction of sp³-hybridized carbons (Fsp3) is 0.455. The van der Waals surface area contributed by atoms with Crippen LogP contribution in [0.5, 0.6) is 0 Å². The van der Waals surface area contributed by atoms with Crippen molar-refractivity contribution in [1.29, 1.82) is 0 Å². The van der Waals surface area contributed by atoms with E-state index in [9.17, 15) is 0 Å². The van der Waals surface area contributed by atoms with Gasteiger partial charge in [0, 0.05) is 0 Å². The van der Waals surface area contributed by atoms with Crippen molar-refractivity contribution in [3.8, 4) is 0 Å². The number of aryl methyl sites for hydroxylation is 1. The molecule has 0 amide bonds. The molecule has 12 heavy (non-hydrogen) atoms. The van der Waals surface area contributed by atoms with Gasteiger partial charge in [-0.1, -0.05) is 0 Å². The third-order valence-electron chi connectivity index (χ3n) is 2.87. The van der Waals surface area contributed by atoms with Crippen LogP contribution in [0.2, 0.25) is 0 Å². The minimum atomic E-state index is 0.595. The second kappa shape index (κ2) is 3.06. The fourth-order valence-corrected chi connectivity index (χ4v) is 3.72. The Balaban J connectivity index is 2.39. The quantitative estimate of drug-likeness (QED) is 0.684. The summed E-state index contributed by atoms with van der Waals surface area (Å²) >= 11 is 1.70. The van der Waals surface area contributed by atoms with Crippen molar-refractivity contribution in [3.05, 3.63) is 35.4 Å². The van der Waals surface area contributed by atoms with Crippen molar-refractivity contribution in [1.82, 2.24) is 0 Å². The predicted molar refractivity (Wildman–Crippen MR) is 52.5 cm³/mol. The molecule has 0 unspecified atom stereocenters. The zero-order valence-electron chi connectivity index (χ0n) is 7.43. The van der Waals surface area contributed by atoms with Crippen LogP contribution in [0.4, 0.5) is 0 Å². The van der Waals surface area contributed by atoms with E-state index < -0.39 is 0 Å². The van der Waals surface area contributed by atoms with Crippen LogP contribution in [-0.2, 0) is 3.43 Å². The van der Waals surface area contributed by atoms with Crippen LogP contribution < -0.4 is 0 Å². The van der Waals surface area contributed by atoms with E-state index in [2.05, 4.69) is 31.2 Å². The van der Waals surface area contributed by atoms with Crippen LogP contribution in [0.25, 0.3) is 0 Å². The zero-order valence-corrected chi connectivity index (χ0v) is 10.3.